The largest absolute Gasteiger partial charge is 0.619 e. The summed E-state index contributed by atoms with van der Waals surface area (Å²) in [6.07, 6.45) is 3.54. The number of hydrogen-bond acceptors (Lipinski definition) is 4. The van der Waals surface area contributed by atoms with E-state index < -0.39 is 11.6 Å². The Morgan fingerprint density at radius 3 is 2.80 bits per heavy atom. The molecule has 0 spiro atoms. The fourth-order valence-corrected chi connectivity index (χ4v) is 2.43. The third-order valence-corrected chi connectivity index (χ3v) is 3.58. The van der Waals surface area contributed by atoms with Crippen molar-refractivity contribution in [3.8, 4) is 11.4 Å². The van der Waals surface area contributed by atoms with E-state index in [0.717, 1.165) is 28.5 Å². The van der Waals surface area contributed by atoms with Crippen LogP contribution >= 0.6 is 0 Å². The number of nitrogens with zero attached hydrogens (tertiary/aromatic N) is 3. The molecule has 3 rings (SSSR count). The molecule has 1 aromatic carbocycles. The van der Waals surface area contributed by atoms with E-state index >= 15 is 0 Å². The molecule has 3 aromatic rings. The monoisotopic (exact) mass is 342 g/mol. The smallest absolute Gasteiger partial charge is 0.183 e. The zero-order valence-electron chi connectivity index (χ0n) is 13.5. The number of anilines is 1. The average molecular weight is 342 g/mol. The van der Waals surface area contributed by atoms with E-state index in [0.29, 0.717) is 24.5 Å². The van der Waals surface area contributed by atoms with Crippen molar-refractivity contribution in [2.45, 2.75) is 13.3 Å². The second-order valence-corrected chi connectivity index (χ2v) is 5.59. The average Bonchev–Trinajstić information content (AvgIpc) is 2.57. The maximum Gasteiger partial charge on any atom is 0.183 e. The van der Waals surface area contributed by atoms with Crippen LogP contribution in [0.15, 0.2) is 48.8 Å². The molecular formula is C18H16F2N4O. The molecule has 0 radical (unpaired) electrons. The Morgan fingerprint density at radius 2 is 2.00 bits per heavy atom. The van der Waals surface area contributed by atoms with E-state index in [9.17, 15) is 14.0 Å². The highest BCUT2D eigenvalue weighted by Gasteiger charge is 2.11. The number of halogens is 2. The molecule has 25 heavy (non-hydrogen) atoms. The summed E-state index contributed by atoms with van der Waals surface area (Å²) >= 11 is 0. The topological polar surface area (TPSA) is 64.8 Å². The van der Waals surface area contributed by atoms with Crippen molar-refractivity contribution < 1.29 is 13.5 Å². The highest BCUT2D eigenvalue weighted by Crippen LogP contribution is 2.22. The van der Waals surface area contributed by atoms with Crippen molar-refractivity contribution in [3.05, 3.63) is 76.9 Å². The highest BCUT2D eigenvalue weighted by molar-refractivity contribution is 5.58. The van der Waals surface area contributed by atoms with Gasteiger partial charge in [-0.3, -0.25) is 0 Å². The van der Waals surface area contributed by atoms with Gasteiger partial charge in [-0.25, -0.2) is 18.7 Å². The van der Waals surface area contributed by atoms with Crippen molar-refractivity contribution in [1.82, 2.24) is 9.97 Å². The summed E-state index contributed by atoms with van der Waals surface area (Å²) in [7, 11) is 0. The number of aryl methyl sites for hydroxylation is 1. The maximum atomic E-state index is 13.9. The number of hydrogen-bond donors (Lipinski definition) is 1. The Morgan fingerprint density at radius 1 is 1.16 bits per heavy atom. The second-order valence-electron chi connectivity index (χ2n) is 5.59. The van der Waals surface area contributed by atoms with Crippen molar-refractivity contribution >= 4 is 5.82 Å². The molecule has 0 saturated heterocycles. The van der Waals surface area contributed by atoms with E-state index in [1.54, 1.807) is 19.1 Å². The lowest BCUT2D eigenvalue weighted by molar-refractivity contribution is -0.605. The Kier molecular flexibility index (Phi) is 4.83. The van der Waals surface area contributed by atoms with Crippen LogP contribution in [0.4, 0.5) is 14.6 Å². The van der Waals surface area contributed by atoms with Crippen LogP contribution in [0.2, 0.25) is 0 Å². The lowest BCUT2D eigenvalue weighted by Gasteiger charge is -2.09. The summed E-state index contributed by atoms with van der Waals surface area (Å²) in [6, 6.07) is 8.44. The molecule has 0 aliphatic rings. The summed E-state index contributed by atoms with van der Waals surface area (Å²) in [5.74, 6) is -0.498. The zero-order valence-corrected chi connectivity index (χ0v) is 13.5. The molecule has 0 saturated carbocycles. The molecule has 7 heteroatoms. The van der Waals surface area contributed by atoms with Crippen LogP contribution in [-0.4, -0.2) is 16.5 Å². The van der Waals surface area contributed by atoms with Gasteiger partial charge < -0.3 is 10.5 Å². The molecule has 1 N–H and O–H groups in total. The van der Waals surface area contributed by atoms with E-state index in [-0.39, 0.29) is 11.4 Å². The van der Waals surface area contributed by atoms with Gasteiger partial charge in [-0.15, -0.1) is 0 Å². The molecule has 2 aromatic heterocycles. The van der Waals surface area contributed by atoms with Crippen molar-refractivity contribution in [3.63, 3.8) is 0 Å². The standard InChI is InChI=1S/C18H16F2N4O/c1-12-9-17(21-7-6-13-3-2-8-24(25)11-13)23-18(22-12)15-10-14(19)4-5-16(15)20/h2-5,8-11H,6-7H2,1H3,(H,21,22,23). The maximum absolute atomic E-state index is 13.9. The molecule has 0 aliphatic carbocycles. The minimum Gasteiger partial charge on any atom is -0.619 e. The summed E-state index contributed by atoms with van der Waals surface area (Å²) < 4.78 is 28.1. The number of rotatable bonds is 5. The third-order valence-electron chi connectivity index (χ3n) is 3.58. The first-order valence-electron chi connectivity index (χ1n) is 7.74. The molecule has 0 atom stereocenters. The van der Waals surface area contributed by atoms with Gasteiger partial charge in [0.2, 0.25) is 0 Å². The second kappa shape index (κ2) is 7.21. The van der Waals surface area contributed by atoms with Gasteiger partial charge in [-0.05, 0) is 37.6 Å². The van der Waals surface area contributed by atoms with Gasteiger partial charge in [-0.2, -0.15) is 4.73 Å². The van der Waals surface area contributed by atoms with Crippen LogP contribution < -0.4 is 10.0 Å². The Bertz CT molecular complexity index is 902. The van der Waals surface area contributed by atoms with Gasteiger partial charge >= 0.3 is 0 Å². The van der Waals surface area contributed by atoms with E-state index in [1.165, 1.54) is 12.4 Å². The number of benzene rings is 1. The lowest BCUT2D eigenvalue weighted by Crippen LogP contribution is -2.25. The molecule has 0 unspecified atom stereocenters. The van der Waals surface area contributed by atoms with Gasteiger partial charge in [0.05, 0.1) is 5.56 Å². The molecule has 0 amide bonds. The van der Waals surface area contributed by atoms with Crippen molar-refractivity contribution in [2.24, 2.45) is 0 Å². The molecule has 0 fully saturated rings. The first kappa shape index (κ1) is 16.8. The fraction of sp³-hybridized carbons (Fsp3) is 0.167. The van der Waals surface area contributed by atoms with Crippen molar-refractivity contribution in [1.29, 1.82) is 0 Å². The number of aromatic nitrogens is 3. The van der Waals surface area contributed by atoms with E-state index in [4.69, 9.17) is 0 Å². The normalized spacial score (nSPS) is 10.7. The summed E-state index contributed by atoms with van der Waals surface area (Å²) in [6.45, 7) is 2.29. The summed E-state index contributed by atoms with van der Waals surface area (Å²) in [5, 5.41) is 14.4. The molecule has 2 heterocycles. The Hall–Kier alpha value is -3.09. The van der Waals surface area contributed by atoms with Gasteiger partial charge in [0.15, 0.2) is 18.2 Å². The van der Waals surface area contributed by atoms with Crippen molar-refractivity contribution in [2.75, 3.05) is 11.9 Å². The van der Waals surface area contributed by atoms with Gasteiger partial charge in [-0.1, -0.05) is 0 Å². The molecule has 0 aliphatic heterocycles. The summed E-state index contributed by atoms with van der Waals surface area (Å²) in [5.41, 5.74) is 1.53. The Balaban J connectivity index is 1.76. The highest BCUT2D eigenvalue weighted by atomic mass is 19.1. The van der Waals surface area contributed by atoms with E-state index in [2.05, 4.69) is 15.3 Å². The predicted octanol–water partition coefficient (Wildman–Crippen LogP) is 3.02. The van der Waals surface area contributed by atoms with Crippen LogP contribution in [-0.2, 0) is 6.42 Å². The Labute approximate surface area is 143 Å². The quantitative estimate of drug-likeness (QED) is 0.572. The van der Waals surface area contributed by atoms with Crippen LogP contribution in [0.3, 0.4) is 0 Å². The number of pyridine rings is 1. The van der Waals surface area contributed by atoms with E-state index in [1.807, 2.05) is 6.07 Å². The molecule has 0 bridgehead atoms. The SMILES string of the molecule is Cc1cc(NCCc2ccc[n+]([O-])c2)nc(-c2cc(F)ccc2F)n1. The molecular weight excluding hydrogens is 326 g/mol. The van der Waals surface area contributed by atoms with Gasteiger partial charge in [0.1, 0.15) is 17.5 Å². The molecule has 128 valence electrons. The summed E-state index contributed by atoms with van der Waals surface area (Å²) in [4.78, 5) is 8.44. The minimum absolute atomic E-state index is 0.0159. The lowest BCUT2D eigenvalue weighted by atomic mass is 10.2. The third kappa shape index (κ3) is 4.26. The van der Waals surface area contributed by atoms with Gasteiger partial charge in [0.25, 0.3) is 0 Å². The fourth-order valence-electron chi connectivity index (χ4n) is 2.43. The van der Waals surface area contributed by atoms with Crippen LogP contribution in [0.25, 0.3) is 11.4 Å². The zero-order chi connectivity index (χ0) is 17.8. The van der Waals surface area contributed by atoms with Crippen LogP contribution in [0.1, 0.15) is 11.3 Å². The first-order chi connectivity index (χ1) is 12.0. The minimum atomic E-state index is -0.581. The molecule has 5 nitrogen and oxygen atoms in total. The van der Waals surface area contributed by atoms with Crippen LogP contribution in [0, 0.1) is 23.8 Å². The predicted molar refractivity (Wildman–Crippen MR) is 89.7 cm³/mol. The van der Waals surface area contributed by atoms with Gasteiger partial charge in [0, 0.05) is 29.9 Å². The first-order valence-corrected chi connectivity index (χ1v) is 7.74. The van der Waals surface area contributed by atoms with Crippen LogP contribution in [0.5, 0.6) is 0 Å². The number of nitrogens with one attached hydrogen (secondary N) is 1.